The lowest BCUT2D eigenvalue weighted by Gasteiger charge is -2.11. The van der Waals surface area contributed by atoms with Crippen LogP contribution in [0.15, 0.2) is 79.0 Å². The third-order valence-corrected chi connectivity index (χ3v) is 4.12. The molecule has 0 radical (unpaired) electrons. The van der Waals surface area contributed by atoms with Gasteiger partial charge in [0.25, 0.3) is 0 Å². The number of nitro groups is 1. The Balaban J connectivity index is 1.58. The van der Waals surface area contributed by atoms with Crippen LogP contribution >= 0.6 is 0 Å². The predicted molar refractivity (Wildman–Crippen MR) is 112 cm³/mol. The summed E-state index contributed by atoms with van der Waals surface area (Å²) in [5.74, 6) is 0.415. The van der Waals surface area contributed by atoms with Gasteiger partial charge in [-0.15, -0.1) is 0 Å². The molecule has 0 aliphatic carbocycles. The van der Waals surface area contributed by atoms with Gasteiger partial charge in [-0.3, -0.25) is 10.1 Å². The molecule has 0 N–H and O–H groups in total. The molecule has 0 saturated carbocycles. The number of rotatable bonds is 8. The molecule has 0 spiro atoms. The van der Waals surface area contributed by atoms with Gasteiger partial charge in [-0.05, 0) is 41.0 Å². The van der Waals surface area contributed by atoms with Gasteiger partial charge >= 0.3 is 5.97 Å². The van der Waals surface area contributed by atoms with E-state index in [-0.39, 0.29) is 18.1 Å². The van der Waals surface area contributed by atoms with E-state index in [0.29, 0.717) is 11.3 Å². The maximum Gasteiger partial charge on any atom is 0.349 e. The van der Waals surface area contributed by atoms with Crippen molar-refractivity contribution in [2.24, 2.45) is 0 Å². The molecule has 0 saturated heterocycles. The molecule has 0 unspecified atom stereocenters. The van der Waals surface area contributed by atoms with Gasteiger partial charge in [-0.1, -0.05) is 48.5 Å². The monoisotopic (exact) mass is 405 g/mol. The molecular formula is C23H19NO6. The molecule has 30 heavy (non-hydrogen) atoms. The number of ether oxygens (including phenoxy) is 3. The van der Waals surface area contributed by atoms with Gasteiger partial charge in [0.15, 0.2) is 18.1 Å². The maximum atomic E-state index is 12.1. The average molecular weight is 405 g/mol. The number of hydrogen-bond donors (Lipinski definition) is 0. The van der Waals surface area contributed by atoms with Crippen molar-refractivity contribution in [3.05, 3.63) is 94.7 Å². The van der Waals surface area contributed by atoms with Crippen LogP contribution in [0, 0.1) is 10.1 Å². The lowest BCUT2D eigenvalue weighted by molar-refractivity contribution is -0.400. The summed E-state index contributed by atoms with van der Waals surface area (Å²) >= 11 is 0. The highest BCUT2D eigenvalue weighted by Crippen LogP contribution is 2.29. The van der Waals surface area contributed by atoms with Crippen LogP contribution in [0.1, 0.15) is 5.56 Å². The number of carbonyl (C=O) groups is 1. The fourth-order valence-electron chi connectivity index (χ4n) is 2.69. The molecular weight excluding hydrogens is 386 g/mol. The van der Waals surface area contributed by atoms with E-state index >= 15 is 0 Å². The Kier molecular flexibility index (Phi) is 6.78. The van der Waals surface area contributed by atoms with Crippen LogP contribution in [0.4, 0.5) is 0 Å². The van der Waals surface area contributed by atoms with E-state index in [1.807, 2.05) is 42.5 Å². The first-order valence-electron chi connectivity index (χ1n) is 9.04. The summed E-state index contributed by atoms with van der Waals surface area (Å²) in [5.41, 5.74) is 2.67. The molecule has 0 aliphatic rings. The Hall–Kier alpha value is -4.13. The minimum Gasteiger partial charge on any atom is -0.493 e. The van der Waals surface area contributed by atoms with Crippen LogP contribution in [0.25, 0.3) is 17.2 Å². The minimum absolute atomic E-state index is 0.198. The van der Waals surface area contributed by atoms with Crippen molar-refractivity contribution in [2.45, 2.75) is 0 Å². The molecule has 0 aliphatic heterocycles. The Bertz CT molecular complexity index is 1050. The van der Waals surface area contributed by atoms with E-state index < -0.39 is 10.9 Å². The summed E-state index contributed by atoms with van der Waals surface area (Å²) in [6, 6.07) is 21.9. The number of nitrogens with zero attached hydrogens (tertiary/aromatic N) is 1. The van der Waals surface area contributed by atoms with Gasteiger partial charge in [0.05, 0.1) is 12.0 Å². The van der Waals surface area contributed by atoms with Crippen LogP contribution in [0.3, 0.4) is 0 Å². The summed E-state index contributed by atoms with van der Waals surface area (Å²) in [6.45, 7) is -0.281. The van der Waals surface area contributed by atoms with E-state index in [9.17, 15) is 14.9 Å². The van der Waals surface area contributed by atoms with E-state index in [0.717, 1.165) is 17.3 Å². The summed E-state index contributed by atoms with van der Waals surface area (Å²) in [7, 11) is 1.42. The Labute approximate surface area is 173 Å². The summed E-state index contributed by atoms with van der Waals surface area (Å²) < 4.78 is 16.0. The van der Waals surface area contributed by atoms with Crippen molar-refractivity contribution < 1.29 is 23.9 Å². The SMILES string of the molecule is COc1cc(C=C[N+](=O)[O-])ccc1OC(=O)COc1ccc(-c2ccccc2)cc1. The number of hydrogen-bond acceptors (Lipinski definition) is 6. The Morgan fingerprint density at radius 2 is 1.67 bits per heavy atom. The lowest BCUT2D eigenvalue weighted by atomic mass is 10.1. The predicted octanol–water partition coefficient (Wildman–Crippen LogP) is 4.59. The standard InChI is InChI=1S/C23H19NO6/c1-28-22-15-17(13-14-24(26)27)7-12-21(22)30-23(25)16-29-20-10-8-19(9-11-20)18-5-3-2-4-6-18/h2-15H,16H2,1H3. The van der Waals surface area contributed by atoms with Crippen LogP contribution in [-0.4, -0.2) is 24.6 Å². The largest absolute Gasteiger partial charge is 0.493 e. The fraction of sp³-hybridized carbons (Fsp3) is 0.0870. The molecule has 0 aromatic heterocycles. The third kappa shape index (κ3) is 5.68. The third-order valence-electron chi connectivity index (χ3n) is 4.12. The second-order valence-corrected chi connectivity index (χ2v) is 6.16. The molecule has 0 atom stereocenters. The topological polar surface area (TPSA) is 87.9 Å². The smallest absolute Gasteiger partial charge is 0.349 e. The van der Waals surface area contributed by atoms with Gasteiger partial charge in [0.2, 0.25) is 6.20 Å². The average Bonchev–Trinajstić information content (AvgIpc) is 2.78. The molecule has 0 fully saturated rings. The van der Waals surface area contributed by atoms with Crippen LogP contribution in [0.5, 0.6) is 17.2 Å². The lowest BCUT2D eigenvalue weighted by Crippen LogP contribution is -2.18. The van der Waals surface area contributed by atoms with Gasteiger partial charge in [-0.2, -0.15) is 0 Å². The first-order valence-corrected chi connectivity index (χ1v) is 9.04. The number of esters is 1. The molecule has 152 valence electrons. The van der Waals surface area contributed by atoms with Crippen LogP contribution in [-0.2, 0) is 4.79 Å². The summed E-state index contributed by atoms with van der Waals surface area (Å²) in [4.78, 5) is 22.0. The number of methoxy groups -OCH3 is 1. The summed E-state index contributed by atoms with van der Waals surface area (Å²) in [5, 5.41) is 10.4. The molecule has 0 heterocycles. The zero-order chi connectivity index (χ0) is 21.3. The molecule has 3 rings (SSSR count). The van der Waals surface area contributed by atoms with Crippen molar-refractivity contribution in [1.29, 1.82) is 0 Å². The molecule has 3 aromatic carbocycles. The van der Waals surface area contributed by atoms with Crippen molar-refractivity contribution in [3.8, 4) is 28.4 Å². The Morgan fingerprint density at radius 3 is 2.33 bits per heavy atom. The highest BCUT2D eigenvalue weighted by atomic mass is 16.6. The highest BCUT2D eigenvalue weighted by molar-refractivity contribution is 5.75. The van der Waals surface area contributed by atoms with Crippen molar-refractivity contribution in [1.82, 2.24) is 0 Å². The number of carbonyl (C=O) groups excluding carboxylic acids is 1. The molecule has 7 nitrogen and oxygen atoms in total. The van der Waals surface area contributed by atoms with E-state index in [2.05, 4.69) is 0 Å². The molecule has 0 amide bonds. The van der Waals surface area contributed by atoms with Gasteiger partial charge in [0.1, 0.15) is 5.75 Å². The van der Waals surface area contributed by atoms with Gasteiger partial charge in [-0.25, -0.2) is 4.79 Å². The number of benzene rings is 3. The van der Waals surface area contributed by atoms with Crippen molar-refractivity contribution in [3.63, 3.8) is 0 Å². The van der Waals surface area contributed by atoms with E-state index in [4.69, 9.17) is 14.2 Å². The molecule has 3 aromatic rings. The van der Waals surface area contributed by atoms with Gasteiger partial charge in [0, 0.05) is 6.08 Å². The zero-order valence-corrected chi connectivity index (χ0v) is 16.2. The van der Waals surface area contributed by atoms with Crippen molar-refractivity contribution >= 4 is 12.0 Å². The first kappa shape index (κ1) is 20.6. The molecule has 0 bridgehead atoms. The maximum absolute atomic E-state index is 12.1. The zero-order valence-electron chi connectivity index (χ0n) is 16.2. The van der Waals surface area contributed by atoms with E-state index in [1.165, 1.54) is 25.3 Å². The quantitative estimate of drug-likeness (QED) is 0.236. The van der Waals surface area contributed by atoms with E-state index in [1.54, 1.807) is 18.2 Å². The molecule has 7 heteroatoms. The normalized spacial score (nSPS) is 10.6. The second kappa shape index (κ2) is 9.88. The minimum atomic E-state index is -0.603. The van der Waals surface area contributed by atoms with Crippen LogP contribution in [0.2, 0.25) is 0 Å². The van der Waals surface area contributed by atoms with Gasteiger partial charge < -0.3 is 14.2 Å². The Morgan fingerprint density at radius 1 is 0.967 bits per heavy atom. The highest BCUT2D eigenvalue weighted by Gasteiger charge is 2.12. The fourth-order valence-corrected chi connectivity index (χ4v) is 2.69. The van der Waals surface area contributed by atoms with Crippen LogP contribution < -0.4 is 14.2 Å². The van der Waals surface area contributed by atoms with Crippen molar-refractivity contribution in [2.75, 3.05) is 13.7 Å². The summed E-state index contributed by atoms with van der Waals surface area (Å²) in [6.07, 6.45) is 2.13. The first-order chi connectivity index (χ1) is 14.5. The second-order valence-electron chi connectivity index (χ2n) is 6.16.